The van der Waals surface area contributed by atoms with Crippen molar-refractivity contribution >= 4 is 0 Å². The molecule has 0 bridgehead atoms. The van der Waals surface area contributed by atoms with Crippen molar-refractivity contribution in [2.24, 2.45) is 0 Å². The van der Waals surface area contributed by atoms with Crippen LogP contribution in [0.15, 0.2) is 50.6 Å². The van der Waals surface area contributed by atoms with E-state index in [0.717, 1.165) is 32.1 Å². The molecule has 20 heavy (non-hydrogen) atoms. The van der Waals surface area contributed by atoms with Crippen molar-refractivity contribution in [1.82, 2.24) is 0 Å². The molecular weight excluding hydrogens is 252 g/mol. The molecule has 0 unspecified atom stereocenters. The lowest BCUT2D eigenvalue weighted by Gasteiger charge is -1.95. The summed E-state index contributed by atoms with van der Waals surface area (Å²) in [7, 11) is 0. The van der Waals surface area contributed by atoms with E-state index in [4.69, 9.17) is 14.9 Å². The molecule has 0 aromatic heterocycles. The minimum Gasteiger partial charge on any atom is -0.396 e. The predicted octanol–water partition coefficient (Wildman–Crippen LogP) is 3.65. The molecule has 0 spiro atoms. The zero-order valence-corrected chi connectivity index (χ0v) is 12.8. The van der Waals surface area contributed by atoms with E-state index in [-0.39, 0.29) is 0 Å². The van der Waals surface area contributed by atoms with E-state index in [0.29, 0.717) is 26.4 Å². The highest BCUT2D eigenvalue weighted by atomic mass is 16.5. The van der Waals surface area contributed by atoms with Crippen LogP contribution in [-0.2, 0) is 4.74 Å². The molecule has 0 aliphatic heterocycles. The Morgan fingerprint density at radius 2 is 1.00 bits per heavy atom. The summed E-state index contributed by atoms with van der Waals surface area (Å²) < 4.78 is 4.90. The van der Waals surface area contributed by atoms with Crippen LogP contribution in [0.5, 0.6) is 0 Å². The van der Waals surface area contributed by atoms with E-state index >= 15 is 0 Å². The molecule has 0 amide bonds. The Morgan fingerprint density at radius 3 is 1.25 bits per heavy atom. The van der Waals surface area contributed by atoms with Gasteiger partial charge in [-0.1, -0.05) is 56.7 Å². The molecule has 0 saturated heterocycles. The fraction of sp³-hybridized carbons (Fsp3) is 0.529. The van der Waals surface area contributed by atoms with Gasteiger partial charge in [0.25, 0.3) is 0 Å². The topological polar surface area (TPSA) is 49.7 Å². The van der Waals surface area contributed by atoms with Crippen molar-refractivity contribution < 1.29 is 14.9 Å². The highest BCUT2D eigenvalue weighted by Crippen LogP contribution is 2.00. The summed E-state index contributed by atoms with van der Waals surface area (Å²) in [4.78, 5) is 0. The van der Waals surface area contributed by atoms with Gasteiger partial charge in [-0.3, -0.25) is 0 Å². The molecule has 0 fully saturated rings. The van der Waals surface area contributed by atoms with Crippen molar-refractivity contribution in [2.45, 2.75) is 32.1 Å². The first kappa shape index (κ1) is 23.9. The van der Waals surface area contributed by atoms with Crippen molar-refractivity contribution in [3.05, 3.63) is 50.6 Å². The first-order valence-corrected chi connectivity index (χ1v) is 6.99. The van der Waals surface area contributed by atoms with Gasteiger partial charge in [-0.05, 0) is 12.8 Å². The minimum atomic E-state index is 0.305. The largest absolute Gasteiger partial charge is 0.396 e. The van der Waals surface area contributed by atoms with Gasteiger partial charge in [-0.2, -0.15) is 0 Å². The molecule has 0 saturated carbocycles. The standard InChI is InChI=1S/C7H16O2.C6H10O.C4H6/c8-6-4-2-1-3-5-7-9;1-3-5-7-6-4-2;1-3-4-2/h8-9H,1-7H2;3-4H,1-2,5-6H2;3-4H,1-2H2. The van der Waals surface area contributed by atoms with Crippen molar-refractivity contribution in [2.75, 3.05) is 26.4 Å². The summed E-state index contributed by atoms with van der Waals surface area (Å²) >= 11 is 0. The third-order valence-electron chi connectivity index (χ3n) is 1.95. The lowest BCUT2D eigenvalue weighted by atomic mass is 10.2. The molecule has 3 heteroatoms. The molecule has 0 heterocycles. The molecule has 3 nitrogen and oxygen atoms in total. The van der Waals surface area contributed by atoms with Gasteiger partial charge >= 0.3 is 0 Å². The van der Waals surface area contributed by atoms with Crippen molar-refractivity contribution in [3.63, 3.8) is 0 Å². The fourth-order valence-electron chi connectivity index (χ4n) is 0.989. The maximum atomic E-state index is 8.37. The second kappa shape index (κ2) is 30.7. The zero-order valence-electron chi connectivity index (χ0n) is 12.8. The predicted molar refractivity (Wildman–Crippen MR) is 88.9 cm³/mol. The van der Waals surface area contributed by atoms with E-state index in [1.807, 2.05) is 0 Å². The number of ether oxygens (including phenoxy) is 1. The summed E-state index contributed by atoms with van der Waals surface area (Å²) in [6.45, 7) is 15.5. The smallest absolute Gasteiger partial charge is 0.0649 e. The van der Waals surface area contributed by atoms with Gasteiger partial charge in [0.05, 0.1) is 13.2 Å². The molecule has 0 aromatic rings. The minimum absolute atomic E-state index is 0.305. The molecule has 0 atom stereocenters. The first-order chi connectivity index (χ1) is 9.74. The molecule has 0 aromatic carbocycles. The average Bonchev–Trinajstić information content (AvgIpc) is 2.49. The van der Waals surface area contributed by atoms with Crippen molar-refractivity contribution in [1.29, 1.82) is 0 Å². The number of allylic oxidation sites excluding steroid dienone is 2. The van der Waals surface area contributed by atoms with Crippen LogP contribution in [0.2, 0.25) is 0 Å². The van der Waals surface area contributed by atoms with Gasteiger partial charge in [0, 0.05) is 13.2 Å². The molecular formula is C17H32O3. The van der Waals surface area contributed by atoms with Crippen LogP contribution in [0, 0.1) is 0 Å². The molecule has 2 N–H and O–H groups in total. The summed E-state index contributed by atoms with van der Waals surface area (Å²) in [6.07, 6.45) is 11.8. The lowest BCUT2D eigenvalue weighted by molar-refractivity contribution is 0.194. The summed E-state index contributed by atoms with van der Waals surface area (Å²) in [5.41, 5.74) is 0. The summed E-state index contributed by atoms with van der Waals surface area (Å²) in [6, 6.07) is 0. The molecule has 0 aliphatic carbocycles. The van der Waals surface area contributed by atoms with Gasteiger partial charge in [0.2, 0.25) is 0 Å². The van der Waals surface area contributed by atoms with E-state index in [1.54, 1.807) is 24.3 Å². The Hall–Kier alpha value is -1.16. The zero-order chi connectivity index (χ0) is 15.9. The van der Waals surface area contributed by atoms with Gasteiger partial charge in [-0.15, -0.1) is 13.2 Å². The Kier molecular flexibility index (Phi) is 36.7. The Bertz CT molecular complexity index is 180. The number of unbranched alkanes of at least 4 members (excludes halogenated alkanes) is 4. The molecule has 118 valence electrons. The van der Waals surface area contributed by atoms with Crippen LogP contribution in [0.3, 0.4) is 0 Å². The quantitative estimate of drug-likeness (QED) is 0.346. The van der Waals surface area contributed by atoms with Gasteiger partial charge < -0.3 is 14.9 Å². The van der Waals surface area contributed by atoms with Gasteiger partial charge in [0.1, 0.15) is 0 Å². The monoisotopic (exact) mass is 284 g/mol. The maximum Gasteiger partial charge on any atom is 0.0649 e. The highest BCUT2D eigenvalue weighted by molar-refractivity contribution is 4.88. The van der Waals surface area contributed by atoms with E-state index in [9.17, 15) is 0 Å². The van der Waals surface area contributed by atoms with Crippen LogP contribution in [-0.4, -0.2) is 36.6 Å². The average molecular weight is 284 g/mol. The SMILES string of the molecule is C=CC=C.C=CCOCC=C.OCCCCCCCO. The van der Waals surface area contributed by atoms with Crippen LogP contribution < -0.4 is 0 Å². The Balaban J connectivity index is -0.000000234. The van der Waals surface area contributed by atoms with Crippen LogP contribution in [0.1, 0.15) is 32.1 Å². The Labute approximate surface area is 125 Å². The van der Waals surface area contributed by atoms with Gasteiger partial charge in [0.15, 0.2) is 0 Å². The van der Waals surface area contributed by atoms with Gasteiger partial charge in [-0.25, -0.2) is 0 Å². The number of aliphatic hydroxyl groups excluding tert-OH is 2. The number of rotatable bonds is 11. The fourth-order valence-corrected chi connectivity index (χ4v) is 0.989. The summed E-state index contributed by atoms with van der Waals surface area (Å²) in [5.74, 6) is 0. The van der Waals surface area contributed by atoms with Crippen LogP contribution in [0.25, 0.3) is 0 Å². The molecule has 0 aliphatic rings. The second-order valence-corrected chi connectivity index (χ2v) is 3.80. The van der Waals surface area contributed by atoms with Crippen LogP contribution >= 0.6 is 0 Å². The highest BCUT2D eigenvalue weighted by Gasteiger charge is 1.86. The second-order valence-electron chi connectivity index (χ2n) is 3.80. The maximum absolute atomic E-state index is 8.37. The van der Waals surface area contributed by atoms with Crippen molar-refractivity contribution in [3.8, 4) is 0 Å². The third kappa shape index (κ3) is 43.6. The van der Waals surface area contributed by atoms with Crippen LogP contribution in [0.4, 0.5) is 0 Å². The normalized spacial score (nSPS) is 8.30. The number of hydrogen-bond acceptors (Lipinski definition) is 3. The van der Waals surface area contributed by atoms with E-state index in [1.165, 1.54) is 0 Å². The Morgan fingerprint density at radius 1 is 0.650 bits per heavy atom. The molecule has 0 radical (unpaired) electrons. The molecule has 0 rings (SSSR count). The van der Waals surface area contributed by atoms with E-state index in [2.05, 4.69) is 26.3 Å². The first-order valence-electron chi connectivity index (χ1n) is 6.99. The number of aliphatic hydroxyl groups is 2. The number of hydrogen-bond donors (Lipinski definition) is 2. The van der Waals surface area contributed by atoms with E-state index < -0.39 is 0 Å². The summed E-state index contributed by atoms with van der Waals surface area (Å²) in [5, 5.41) is 16.7. The third-order valence-corrected chi connectivity index (χ3v) is 1.95. The lowest BCUT2D eigenvalue weighted by Crippen LogP contribution is -1.87.